The summed E-state index contributed by atoms with van der Waals surface area (Å²) >= 11 is 0. The zero-order valence-corrected chi connectivity index (χ0v) is 17.6. The molecule has 9 nitrogen and oxygen atoms in total. The van der Waals surface area contributed by atoms with E-state index in [0.717, 1.165) is 5.69 Å². The third kappa shape index (κ3) is 5.21. The number of amides is 1. The maximum absolute atomic E-state index is 12.7. The van der Waals surface area contributed by atoms with Gasteiger partial charge in [0, 0.05) is 24.8 Å². The van der Waals surface area contributed by atoms with E-state index >= 15 is 0 Å². The summed E-state index contributed by atoms with van der Waals surface area (Å²) in [4.78, 5) is 30.2. The lowest BCUT2D eigenvalue weighted by Crippen LogP contribution is -2.42. The van der Waals surface area contributed by atoms with E-state index in [1.807, 2.05) is 0 Å². The molecule has 0 spiro atoms. The van der Waals surface area contributed by atoms with Gasteiger partial charge in [-0.15, -0.1) is 0 Å². The van der Waals surface area contributed by atoms with Crippen LogP contribution in [0, 0.1) is 0 Å². The molecule has 160 valence electrons. The van der Waals surface area contributed by atoms with Crippen LogP contribution in [0.15, 0.2) is 47.6 Å². The quantitative estimate of drug-likeness (QED) is 0.636. The number of hydrogen-bond acceptors (Lipinski definition) is 7. The minimum atomic E-state index is -3.93. The van der Waals surface area contributed by atoms with Gasteiger partial charge in [0.15, 0.2) is 5.78 Å². The molecule has 30 heavy (non-hydrogen) atoms. The molecule has 3 rings (SSSR count). The highest BCUT2D eigenvalue weighted by Gasteiger charge is 2.24. The van der Waals surface area contributed by atoms with Gasteiger partial charge in [-0.3, -0.25) is 14.6 Å². The highest BCUT2D eigenvalue weighted by atomic mass is 32.2. The van der Waals surface area contributed by atoms with Gasteiger partial charge in [0.1, 0.15) is 0 Å². The third-order valence-electron chi connectivity index (χ3n) is 4.71. The molecule has 0 aliphatic carbocycles. The summed E-state index contributed by atoms with van der Waals surface area (Å²) in [5.74, 6) is -0.660. The molecule has 0 unspecified atom stereocenters. The Bertz CT molecular complexity index is 1020. The highest BCUT2D eigenvalue weighted by Crippen LogP contribution is 2.25. The van der Waals surface area contributed by atoms with Crippen molar-refractivity contribution in [3.63, 3.8) is 0 Å². The maximum Gasteiger partial charge on any atom is 0.242 e. The molecular weight excluding hydrogens is 408 g/mol. The number of pyridine rings is 1. The second-order valence-electron chi connectivity index (χ2n) is 6.91. The van der Waals surface area contributed by atoms with E-state index < -0.39 is 22.0 Å². The fraction of sp³-hybridized carbons (Fsp3) is 0.350. The third-order valence-corrected chi connectivity index (χ3v) is 6.26. The molecule has 0 saturated carbocycles. The van der Waals surface area contributed by atoms with E-state index in [9.17, 15) is 18.0 Å². The number of benzene rings is 1. The summed E-state index contributed by atoms with van der Waals surface area (Å²) in [6, 6.07) is 6.20. The predicted octanol–water partition coefficient (Wildman–Crippen LogP) is 1.43. The average molecular weight is 433 g/mol. The van der Waals surface area contributed by atoms with Gasteiger partial charge in [-0.05, 0) is 32.0 Å². The molecule has 1 aliphatic heterocycles. The number of carbonyl (C=O) groups is 2. The second-order valence-corrected chi connectivity index (χ2v) is 8.62. The summed E-state index contributed by atoms with van der Waals surface area (Å²) < 4.78 is 32.9. The lowest BCUT2D eigenvalue weighted by Gasteiger charge is -2.30. The summed E-state index contributed by atoms with van der Waals surface area (Å²) in [5.41, 5.74) is 1.71. The van der Waals surface area contributed by atoms with Crippen molar-refractivity contribution in [2.75, 3.05) is 36.5 Å². The number of sulfonamides is 1. The van der Waals surface area contributed by atoms with E-state index in [4.69, 9.17) is 4.74 Å². The van der Waals surface area contributed by atoms with Crippen LogP contribution in [-0.4, -0.2) is 57.4 Å². The molecule has 0 radical (unpaired) electrons. The molecule has 1 atom stereocenters. The van der Waals surface area contributed by atoms with Crippen LogP contribution in [0.5, 0.6) is 0 Å². The molecule has 1 fully saturated rings. The fourth-order valence-corrected chi connectivity index (χ4v) is 4.22. The zero-order chi connectivity index (χ0) is 21.7. The van der Waals surface area contributed by atoms with E-state index in [-0.39, 0.29) is 10.7 Å². The SMILES string of the molecule is CC(=O)c1ccc(S(=O)(=O)N[C@@H](C)C(=O)Nc2ccncc2N2CCOCC2)cc1. The van der Waals surface area contributed by atoms with E-state index in [1.165, 1.54) is 38.1 Å². The van der Waals surface area contributed by atoms with Crippen molar-refractivity contribution in [1.29, 1.82) is 0 Å². The Balaban J connectivity index is 1.69. The first-order valence-electron chi connectivity index (χ1n) is 9.49. The number of ketones is 1. The van der Waals surface area contributed by atoms with Crippen molar-refractivity contribution in [3.8, 4) is 0 Å². The van der Waals surface area contributed by atoms with Crippen LogP contribution >= 0.6 is 0 Å². The number of rotatable bonds is 7. The highest BCUT2D eigenvalue weighted by molar-refractivity contribution is 7.89. The molecule has 1 saturated heterocycles. The topological polar surface area (TPSA) is 118 Å². The smallest absolute Gasteiger partial charge is 0.242 e. The Kier molecular flexibility index (Phi) is 6.80. The maximum atomic E-state index is 12.7. The van der Waals surface area contributed by atoms with Gasteiger partial charge in [-0.2, -0.15) is 4.72 Å². The summed E-state index contributed by atoms with van der Waals surface area (Å²) in [5, 5.41) is 2.77. The number of anilines is 2. The molecule has 1 aromatic carbocycles. The number of Topliss-reactive ketones (excluding diaryl/α,β-unsaturated/α-hetero) is 1. The molecule has 0 bridgehead atoms. The molecule has 10 heteroatoms. The van der Waals surface area contributed by atoms with Gasteiger partial charge in [0.2, 0.25) is 15.9 Å². The van der Waals surface area contributed by atoms with Crippen LogP contribution in [0.4, 0.5) is 11.4 Å². The first-order valence-corrected chi connectivity index (χ1v) is 11.0. The van der Waals surface area contributed by atoms with Crippen molar-refractivity contribution < 1.29 is 22.7 Å². The number of morpholine rings is 1. The van der Waals surface area contributed by atoms with Gasteiger partial charge in [0.05, 0.1) is 41.7 Å². The van der Waals surface area contributed by atoms with E-state index in [1.54, 1.807) is 18.5 Å². The minimum Gasteiger partial charge on any atom is -0.378 e. The number of nitrogens with one attached hydrogen (secondary N) is 2. The van der Waals surface area contributed by atoms with Crippen molar-refractivity contribution in [3.05, 3.63) is 48.3 Å². The summed E-state index contributed by atoms with van der Waals surface area (Å²) in [7, 11) is -3.93. The molecule has 1 aliphatic rings. The van der Waals surface area contributed by atoms with Crippen LogP contribution in [0.2, 0.25) is 0 Å². The first-order chi connectivity index (χ1) is 14.3. The van der Waals surface area contributed by atoms with Gasteiger partial charge in [-0.1, -0.05) is 12.1 Å². The molecule has 2 aromatic rings. The number of aromatic nitrogens is 1. The average Bonchev–Trinajstić information content (AvgIpc) is 2.74. The number of nitrogens with zero attached hydrogens (tertiary/aromatic N) is 2. The molecule has 1 aromatic heterocycles. The Morgan fingerprint density at radius 1 is 1.13 bits per heavy atom. The zero-order valence-electron chi connectivity index (χ0n) is 16.8. The largest absolute Gasteiger partial charge is 0.378 e. The Morgan fingerprint density at radius 3 is 2.43 bits per heavy atom. The monoisotopic (exact) mass is 432 g/mol. The van der Waals surface area contributed by atoms with Crippen molar-refractivity contribution >= 4 is 33.1 Å². The van der Waals surface area contributed by atoms with Crippen LogP contribution < -0.4 is 14.9 Å². The first kappa shape index (κ1) is 21.9. The van der Waals surface area contributed by atoms with Gasteiger partial charge in [0.25, 0.3) is 0 Å². The van der Waals surface area contributed by atoms with Gasteiger partial charge in [-0.25, -0.2) is 8.42 Å². The lowest BCUT2D eigenvalue weighted by atomic mass is 10.2. The number of carbonyl (C=O) groups excluding carboxylic acids is 2. The molecular formula is C20H24N4O5S. The van der Waals surface area contributed by atoms with Crippen molar-refractivity contribution in [1.82, 2.24) is 9.71 Å². The summed E-state index contributed by atoms with van der Waals surface area (Å²) in [6.07, 6.45) is 3.22. The number of ether oxygens (including phenoxy) is 1. The second kappa shape index (κ2) is 9.33. The van der Waals surface area contributed by atoms with Crippen LogP contribution in [0.1, 0.15) is 24.2 Å². The van der Waals surface area contributed by atoms with Crippen LogP contribution in [0.25, 0.3) is 0 Å². The van der Waals surface area contributed by atoms with Crippen LogP contribution in [-0.2, 0) is 19.6 Å². The van der Waals surface area contributed by atoms with Gasteiger partial charge >= 0.3 is 0 Å². The summed E-state index contributed by atoms with van der Waals surface area (Å²) in [6.45, 7) is 5.38. The number of hydrogen-bond donors (Lipinski definition) is 2. The van der Waals surface area contributed by atoms with Crippen LogP contribution in [0.3, 0.4) is 0 Å². The Morgan fingerprint density at radius 2 is 1.80 bits per heavy atom. The van der Waals surface area contributed by atoms with Gasteiger partial charge < -0.3 is 15.0 Å². The fourth-order valence-electron chi connectivity index (χ4n) is 3.01. The Hall–Kier alpha value is -2.82. The van der Waals surface area contributed by atoms with E-state index in [2.05, 4.69) is 19.9 Å². The van der Waals surface area contributed by atoms with Crippen molar-refractivity contribution in [2.24, 2.45) is 0 Å². The normalized spacial score (nSPS) is 15.5. The Labute approximate surface area is 175 Å². The van der Waals surface area contributed by atoms with E-state index in [0.29, 0.717) is 37.6 Å². The lowest BCUT2D eigenvalue weighted by molar-refractivity contribution is -0.117. The van der Waals surface area contributed by atoms with Crippen molar-refractivity contribution in [2.45, 2.75) is 24.8 Å². The predicted molar refractivity (Wildman–Crippen MR) is 112 cm³/mol. The minimum absolute atomic E-state index is 0.0231. The molecule has 1 amide bonds. The molecule has 2 heterocycles. The standard InChI is InChI=1S/C20H24N4O5S/c1-14(23-30(27,28)17-5-3-16(4-6-17)15(2)25)20(26)22-18-7-8-21-13-19(18)24-9-11-29-12-10-24/h3-8,13-14,23H,9-12H2,1-2H3,(H,21,22,26)/t14-/m0/s1. The molecule has 2 N–H and O–H groups in total.